The first-order valence-corrected chi connectivity index (χ1v) is 15.0. The average Bonchev–Trinajstić information content (AvgIpc) is 2.81. The Kier molecular flexibility index (Phi) is 20.5. The van der Waals surface area contributed by atoms with E-state index in [0.717, 1.165) is 51.4 Å². The van der Waals surface area contributed by atoms with E-state index in [4.69, 9.17) is 4.74 Å². The highest BCUT2D eigenvalue weighted by Crippen LogP contribution is 2.27. The van der Waals surface area contributed by atoms with Crippen LogP contribution in [-0.2, 0) is 23.9 Å². The molecular formula is C28H50O7S2. The number of rotatable bonds is 24. The van der Waals surface area contributed by atoms with Crippen molar-refractivity contribution in [1.82, 2.24) is 0 Å². The normalized spacial score (nSPS) is 14.5. The second-order valence-corrected chi connectivity index (χ2v) is 11.3. The van der Waals surface area contributed by atoms with Crippen LogP contribution in [0.25, 0.3) is 0 Å². The molecule has 9 heteroatoms. The van der Waals surface area contributed by atoms with Gasteiger partial charge in [-0.1, -0.05) is 104 Å². The van der Waals surface area contributed by atoms with Gasteiger partial charge in [-0.05, 0) is 25.7 Å². The number of esters is 2. The molecule has 2 N–H and O–H groups in total. The fourth-order valence-electron chi connectivity index (χ4n) is 4.40. The number of thiol groups is 2. The summed E-state index contributed by atoms with van der Waals surface area (Å²) in [6.45, 7) is 4.31. The summed E-state index contributed by atoms with van der Waals surface area (Å²) in [6, 6.07) is 0. The molecule has 37 heavy (non-hydrogen) atoms. The van der Waals surface area contributed by atoms with E-state index in [2.05, 4.69) is 39.1 Å². The molecule has 0 saturated carbocycles. The Labute approximate surface area is 234 Å². The third-order valence-corrected chi connectivity index (χ3v) is 7.04. The van der Waals surface area contributed by atoms with Crippen LogP contribution in [0, 0.1) is 0 Å². The molecule has 0 aromatic rings. The van der Waals surface area contributed by atoms with E-state index >= 15 is 0 Å². The Morgan fingerprint density at radius 2 is 0.811 bits per heavy atom. The van der Waals surface area contributed by atoms with Gasteiger partial charge in [-0.2, -0.15) is 0 Å². The second kappa shape index (κ2) is 21.0. The molecule has 216 valence electrons. The van der Waals surface area contributed by atoms with Crippen LogP contribution >= 0.6 is 25.3 Å². The van der Waals surface area contributed by atoms with Gasteiger partial charge in [0.25, 0.3) is 0 Å². The third-order valence-electron chi connectivity index (χ3n) is 6.72. The Morgan fingerprint density at radius 3 is 1.08 bits per heavy atom. The molecule has 0 aliphatic carbocycles. The number of aliphatic hydroxyl groups is 2. The van der Waals surface area contributed by atoms with E-state index in [1.54, 1.807) is 0 Å². The summed E-state index contributed by atoms with van der Waals surface area (Å²) in [5.74, 6) is -2.60. The number of unbranched alkanes of at least 4 members (excludes halogenated alkanes) is 14. The standard InChI is InChI=1S/C28H50O7S2/c1-3-5-7-9-11-13-15-17-19-27(33,21-23(29)36)25(31)35-26(32)28(34,22-24(30)37)20-18-16-14-12-10-8-6-4-2/h33-34H,3-22H2,1-2H3,(H,29,36)(H,30,37). The van der Waals surface area contributed by atoms with Crippen LogP contribution in [0.5, 0.6) is 0 Å². The first-order chi connectivity index (χ1) is 17.5. The highest BCUT2D eigenvalue weighted by molar-refractivity contribution is 7.96. The van der Waals surface area contributed by atoms with E-state index in [1.165, 1.54) is 38.5 Å². The average molecular weight is 563 g/mol. The summed E-state index contributed by atoms with van der Waals surface area (Å²) in [7, 11) is 0. The van der Waals surface area contributed by atoms with Crippen molar-refractivity contribution < 1.29 is 34.1 Å². The van der Waals surface area contributed by atoms with Gasteiger partial charge >= 0.3 is 11.9 Å². The number of carbonyl (C=O) groups is 4. The van der Waals surface area contributed by atoms with Crippen LogP contribution in [0.4, 0.5) is 0 Å². The van der Waals surface area contributed by atoms with Gasteiger partial charge < -0.3 is 14.9 Å². The Hall–Kier alpha value is -0.900. The van der Waals surface area contributed by atoms with Gasteiger partial charge in [0.05, 0.1) is 12.8 Å². The fourth-order valence-corrected chi connectivity index (χ4v) is 4.93. The molecule has 0 spiro atoms. The van der Waals surface area contributed by atoms with Crippen molar-refractivity contribution in [2.45, 2.75) is 153 Å². The van der Waals surface area contributed by atoms with Gasteiger partial charge in [-0.15, -0.1) is 25.3 Å². The smallest absolute Gasteiger partial charge is 0.346 e. The van der Waals surface area contributed by atoms with Crippen molar-refractivity contribution in [3.63, 3.8) is 0 Å². The van der Waals surface area contributed by atoms with Gasteiger partial charge in [0.1, 0.15) is 0 Å². The lowest BCUT2D eigenvalue weighted by Gasteiger charge is -2.28. The molecule has 0 radical (unpaired) electrons. The van der Waals surface area contributed by atoms with Crippen molar-refractivity contribution in [3.8, 4) is 0 Å². The van der Waals surface area contributed by atoms with Crippen LogP contribution in [-0.4, -0.2) is 43.6 Å². The Bertz CT molecular complexity index is 629. The van der Waals surface area contributed by atoms with Crippen molar-refractivity contribution in [1.29, 1.82) is 0 Å². The van der Waals surface area contributed by atoms with Crippen molar-refractivity contribution in [2.75, 3.05) is 0 Å². The summed E-state index contributed by atoms with van der Waals surface area (Å²) < 4.78 is 4.88. The Morgan fingerprint density at radius 1 is 0.541 bits per heavy atom. The Balaban J connectivity index is 4.94. The number of hydrogen-bond acceptors (Lipinski definition) is 7. The monoisotopic (exact) mass is 562 g/mol. The first-order valence-electron chi connectivity index (χ1n) is 14.2. The van der Waals surface area contributed by atoms with E-state index in [9.17, 15) is 29.4 Å². The summed E-state index contributed by atoms with van der Waals surface area (Å²) in [6.07, 6.45) is 14.4. The fraction of sp³-hybridized carbons (Fsp3) is 0.857. The lowest BCUT2D eigenvalue weighted by molar-refractivity contribution is -0.187. The predicted molar refractivity (Wildman–Crippen MR) is 153 cm³/mol. The van der Waals surface area contributed by atoms with Crippen LogP contribution in [0.3, 0.4) is 0 Å². The lowest BCUT2D eigenvalue weighted by Crippen LogP contribution is -2.48. The number of carbonyl (C=O) groups excluding carboxylic acids is 4. The minimum Gasteiger partial charge on any atom is -0.389 e. The highest BCUT2D eigenvalue weighted by Gasteiger charge is 2.45. The minimum absolute atomic E-state index is 0.0671. The molecule has 0 saturated heterocycles. The molecule has 0 aromatic heterocycles. The van der Waals surface area contributed by atoms with Crippen LogP contribution in [0.1, 0.15) is 142 Å². The molecule has 2 atom stereocenters. The SMILES string of the molecule is CCCCCCCCCCC(O)(CC(=O)S)C(=O)OC(=O)C(O)(CCCCCCCCCC)CC(=O)S. The maximum absolute atomic E-state index is 12.8. The van der Waals surface area contributed by atoms with E-state index in [0.29, 0.717) is 12.8 Å². The first kappa shape index (κ1) is 36.1. The summed E-state index contributed by atoms with van der Waals surface area (Å²) in [5.41, 5.74) is -4.44. The molecule has 0 fully saturated rings. The third kappa shape index (κ3) is 17.3. The zero-order valence-electron chi connectivity index (χ0n) is 23.0. The highest BCUT2D eigenvalue weighted by atomic mass is 32.1. The molecular weight excluding hydrogens is 512 g/mol. The molecule has 0 rings (SSSR count). The quantitative estimate of drug-likeness (QED) is 0.0474. The maximum atomic E-state index is 12.8. The number of ether oxygens (including phenoxy) is 1. The molecule has 0 aliphatic heterocycles. The molecule has 0 amide bonds. The lowest BCUT2D eigenvalue weighted by atomic mass is 9.91. The largest absolute Gasteiger partial charge is 0.389 e. The zero-order chi connectivity index (χ0) is 28.2. The van der Waals surface area contributed by atoms with Crippen molar-refractivity contribution >= 4 is 47.4 Å². The van der Waals surface area contributed by atoms with Gasteiger partial charge in [0.15, 0.2) is 21.4 Å². The zero-order valence-corrected chi connectivity index (χ0v) is 24.8. The topological polar surface area (TPSA) is 118 Å². The number of hydrogen-bond donors (Lipinski definition) is 4. The van der Waals surface area contributed by atoms with Crippen LogP contribution in [0.2, 0.25) is 0 Å². The van der Waals surface area contributed by atoms with Gasteiger partial charge in [0, 0.05) is 0 Å². The molecule has 7 nitrogen and oxygen atoms in total. The maximum Gasteiger partial charge on any atom is 0.346 e. The second-order valence-electron chi connectivity index (χ2n) is 10.3. The summed E-state index contributed by atoms with van der Waals surface area (Å²) in [5, 5.41) is 20.4. The van der Waals surface area contributed by atoms with Gasteiger partial charge in [-0.25, -0.2) is 9.59 Å². The van der Waals surface area contributed by atoms with Crippen molar-refractivity contribution in [2.24, 2.45) is 0 Å². The van der Waals surface area contributed by atoms with E-state index in [1.807, 2.05) is 0 Å². The molecule has 0 bridgehead atoms. The molecule has 0 aromatic carbocycles. The van der Waals surface area contributed by atoms with E-state index in [-0.39, 0.29) is 12.8 Å². The van der Waals surface area contributed by atoms with Gasteiger partial charge in [-0.3, -0.25) is 9.59 Å². The van der Waals surface area contributed by atoms with E-state index < -0.39 is 46.2 Å². The molecule has 2 unspecified atom stereocenters. The summed E-state index contributed by atoms with van der Waals surface area (Å²) in [4.78, 5) is 48.8. The molecule has 0 heterocycles. The minimum atomic E-state index is -2.22. The molecule has 0 aliphatic rings. The van der Waals surface area contributed by atoms with Crippen LogP contribution in [0.15, 0.2) is 0 Å². The summed E-state index contributed by atoms with van der Waals surface area (Å²) >= 11 is 7.37. The predicted octanol–water partition coefficient (Wildman–Crippen LogP) is 6.27. The van der Waals surface area contributed by atoms with Crippen LogP contribution < -0.4 is 0 Å². The van der Waals surface area contributed by atoms with Crippen molar-refractivity contribution in [3.05, 3.63) is 0 Å². The van der Waals surface area contributed by atoms with Gasteiger partial charge in [0.2, 0.25) is 0 Å².